The van der Waals surface area contributed by atoms with Crippen LogP contribution in [0, 0.1) is 11.3 Å². The highest BCUT2D eigenvalue weighted by Gasteiger charge is 2.30. The number of nitrogens with one attached hydrogen (secondary N) is 1. The van der Waals surface area contributed by atoms with Gasteiger partial charge in [-0.05, 0) is 31.3 Å². The molecule has 124 valence electrons. The van der Waals surface area contributed by atoms with Crippen LogP contribution >= 0.6 is 0 Å². The summed E-state index contributed by atoms with van der Waals surface area (Å²) in [7, 11) is 0. The second-order valence-electron chi connectivity index (χ2n) is 7.19. The van der Waals surface area contributed by atoms with E-state index in [-0.39, 0.29) is 5.92 Å². The summed E-state index contributed by atoms with van der Waals surface area (Å²) in [5, 5.41) is 3.30. The van der Waals surface area contributed by atoms with Crippen LogP contribution in [-0.2, 0) is 4.79 Å². The van der Waals surface area contributed by atoms with Gasteiger partial charge in [0.1, 0.15) is 0 Å². The van der Waals surface area contributed by atoms with E-state index >= 15 is 0 Å². The first kappa shape index (κ1) is 18.4. The number of likely N-dealkylation sites (tertiary alicyclic amines) is 1. The highest BCUT2D eigenvalue weighted by Crippen LogP contribution is 2.23. The minimum Gasteiger partial charge on any atom is -0.340 e. The van der Waals surface area contributed by atoms with Crippen LogP contribution in [0.15, 0.2) is 0 Å². The van der Waals surface area contributed by atoms with Gasteiger partial charge in [0.15, 0.2) is 0 Å². The van der Waals surface area contributed by atoms with E-state index < -0.39 is 0 Å². The highest BCUT2D eigenvalue weighted by atomic mass is 16.2. The molecule has 0 aromatic heterocycles. The predicted octanol–water partition coefficient (Wildman–Crippen LogP) is 2.20. The summed E-state index contributed by atoms with van der Waals surface area (Å²) in [4.78, 5) is 17.0. The third-order valence-corrected chi connectivity index (χ3v) is 4.06. The van der Waals surface area contributed by atoms with Crippen LogP contribution in [0.5, 0.6) is 0 Å². The van der Waals surface area contributed by atoms with Crippen LogP contribution in [0.25, 0.3) is 0 Å². The topological polar surface area (TPSA) is 35.6 Å². The molecule has 2 saturated heterocycles. The molecule has 0 aliphatic carbocycles. The Morgan fingerprint density at radius 1 is 1.05 bits per heavy atom. The highest BCUT2D eigenvalue weighted by molar-refractivity contribution is 5.79. The van der Waals surface area contributed by atoms with E-state index in [0.29, 0.717) is 11.3 Å². The largest absolute Gasteiger partial charge is 0.340 e. The Morgan fingerprint density at radius 2 is 1.57 bits per heavy atom. The Kier molecular flexibility index (Phi) is 7.67. The zero-order valence-corrected chi connectivity index (χ0v) is 14.7. The number of hydrogen-bond acceptors (Lipinski definition) is 3. The van der Waals surface area contributed by atoms with Gasteiger partial charge in [-0.3, -0.25) is 4.79 Å². The van der Waals surface area contributed by atoms with Crippen molar-refractivity contribution >= 4 is 5.91 Å². The molecular formula is C17H35N3O. The maximum absolute atomic E-state index is 12.4. The molecule has 2 aliphatic rings. The molecule has 0 aromatic carbocycles. The summed E-state index contributed by atoms with van der Waals surface area (Å²) in [6.45, 7) is 17.8. The van der Waals surface area contributed by atoms with E-state index in [2.05, 4.69) is 35.9 Å². The third-order valence-electron chi connectivity index (χ3n) is 4.06. The molecule has 21 heavy (non-hydrogen) atoms. The minimum atomic E-state index is 0.273. The van der Waals surface area contributed by atoms with E-state index in [4.69, 9.17) is 0 Å². The second-order valence-corrected chi connectivity index (χ2v) is 7.19. The Hall–Kier alpha value is -0.610. The van der Waals surface area contributed by atoms with E-state index in [1.165, 1.54) is 0 Å². The number of rotatable bonds is 2. The van der Waals surface area contributed by atoms with Gasteiger partial charge in [0, 0.05) is 38.6 Å². The van der Waals surface area contributed by atoms with Gasteiger partial charge in [-0.15, -0.1) is 0 Å². The monoisotopic (exact) mass is 297 g/mol. The fourth-order valence-electron chi connectivity index (χ4n) is 3.15. The zero-order valence-electron chi connectivity index (χ0n) is 14.7. The van der Waals surface area contributed by atoms with E-state index in [0.717, 1.165) is 58.7 Å². The molecule has 2 rings (SSSR count). The fourth-order valence-corrected chi connectivity index (χ4v) is 3.15. The number of amides is 1. The molecule has 2 aliphatic heterocycles. The zero-order chi connectivity index (χ0) is 15.9. The average molecular weight is 297 g/mol. The maximum Gasteiger partial charge on any atom is 0.225 e. The molecule has 4 heteroatoms. The summed E-state index contributed by atoms with van der Waals surface area (Å²) in [6, 6.07) is 0. The van der Waals surface area contributed by atoms with Crippen molar-refractivity contribution in [3.8, 4) is 0 Å². The smallest absolute Gasteiger partial charge is 0.225 e. The lowest BCUT2D eigenvalue weighted by molar-refractivity contribution is -0.137. The Labute approximate surface area is 131 Å². The van der Waals surface area contributed by atoms with Crippen molar-refractivity contribution in [1.82, 2.24) is 15.1 Å². The number of piperazine rings is 1. The Bertz CT molecular complexity index is 298. The molecule has 1 N–H and O–H groups in total. The molecule has 0 radical (unpaired) electrons. The van der Waals surface area contributed by atoms with E-state index in [1.54, 1.807) is 0 Å². The molecule has 0 unspecified atom stereocenters. The molecule has 1 amide bonds. The van der Waals surface area contributed by atoms with Crippen molar-refractivity contribution in [1.29, 1.82) is 0 Å². The normalized spacial score (nSPS) is 21.7. The molecule has 0 atom stereocenters. The Balaban J connectivity index is 0.00000106. The van der Waals surface area contributed by atoms with Gasteiger partial charge in [0.25, 0.3) is 0 Å². The van der Waals surface area contributed by atoms with E-state index in [9.17, 15) is 4.79 Å². The first-order chi connectivity index (χ1) is 9.96. The lowest BCUT2D eigenvalue weighted by atomic mass is 9.91. The van der Waals surface area contributed by atoms with Gasteiger partial charge < -0.3 is 15.1 Å². The fraction of sp³-hybridized carbons (Fsp3) is 0.941. The summed E-state index contributed by atoms with van der Waals surface area (Å²) >= 11 is 0. The van der Waals surface area contributed by atoms with Crippen LogP contribution in [-0.4, -0.2) is 61.5 Å². The minimum absolute atomic E-state index is 0.273. The van der Waals surface area contributed by atoms with Gasteiger partial charge in [0.05, 0.1) is 0 Å². The van der Waals surface area contributed by atoms with Crippen LogP contribution < -0.4 is 5.32 Å². The van der Waals surface area contributed by atoms with Crippen molar-refractivity contribution < 1.29 is 4.79 Å². The molecule has 4 nitrogen and oxygen atoms in total. The molecule has 2 fully saturated rings. The number of nitrogens with zero attached hydrogens (tertiary/aromatic N) is 2. The number of carbonyl (C=O) groups is 1. The lowest BCUT2D eigenvalue weighted by Gasteiger charge is -2.37. The average Bonchev–Trinajstić information content (AvgIpc) is 2.49. The third kappa shape index (κ3) is 6.35. The van der Waals surface area contributed by atoms with Gasteiger partial charge in [0.2, 0.25) is 5.91 Å². The lowest BCUT2D eigenvalue weighted by Crippen LogP contribution is -2.50. The number of hydrogen-bond donors (Lipinski definition) is 1. The molecule has 2 heterocycles. The maximum atomic E-state index is 12.4. The number of piperidine rings is 1. The first-order valence-electron chi connectivity index (χ1n) is 8.67. The molecule has 0 aromatic rings. The van der Waals surface area contributed by atoms with Crippen molar-refractivity contribution in [3.63, 3.8) is 0 Å². The van der Waals surface area contributed by atoms with Gasteiger partial charge >= 0.3 is 0 Å². The Morgan fingerprint density at radius 3 is 2.05 bits per heavy atom. The SMILES string of the molecule is CC.CC(C)(C)CN1CCC(C(=O)N2CCNCC2)CC1. The van der Waals surface area contributed by atoms with E-state index in [1.807, 2.05) is 13.8 Å². The molecule has 0 spiro atoms. The standard InChI is InChI=1S/C15H29N3O.C2H6/c1-15(2,3)12-17-8-4-13(5-9-17)14(19)18-10-6-16-7-11-18;1-2/h13,16H,4-12H2,1-3H3;1-2H3. The van der Waals surface area contributed by atoms with Crippen LogP contribution in [0.1, 0.15) is 47.5 Å². The van der Waals surface area contributed by atoms with Crippen LogP contribution in [0.3, 0.4) is 0 Å². The van der Waals surface area contributed by atoms with Crippen molar-refractivity contribution in [3.05, 3.63) is 0 Å². The summed E-state index contributed by atoms with van der Waals surface area (Å²) in [5.41, 5.74) is 0.357. The summed E-state index contributed by atoms with van der Waals surface area (Å²) in [6.07, 6.45) is 2.08. The molecular weight excluding hydrogens is 262 g/mol. The van der Waals surface area contributed by atoms with Gasteiger partial charge in [-0.2, -0.15) is 0 Å². The quantitative estimate of drug-likeness (QED) is 0.849. The van der Waals surface area contributed by atoms with Gasteiger partial charge in [-0.1, -0.05) is 34.6 Å². The number of carbonyl (C=O) groups excluding carboxylic acids is 1. The molecule has 0 bridgehead atoms. The first-order valence-corrected chi connectivity index (χ1v) is 8.67. The van der Waals surface area contributed by atoms with Crippen molar-refractivity contribution in [2.24, 2.45) is 11.3 Å². The predicted molar refractivity (Wildman–Crippen MR) is 89.4 cm³/mol. The summed E-state index contributed by atoms with van der Waals surface area (Å²) < 4.78 is 0. The van der Waals surface area contributed by atoms with Crippen molar-refractivity contribution in [2.75, 3.05) is 45.8 Å². The summed E-state index contributed by atoms with van der Waals surface area (Å²) in [5.74, 6) is 0.672. The van der Waals surface area contributed by atoms with Crippen LogP contribution in [0.2, 0.25) is 0 Å². The molecule has 0 saturated carbocycles. The van der Waals surface area contributed by atoms with Crippen molar-refractivity contribution in [2.45, 2.75) is 47.5 Å². The van der Waals surface area contributed by atoms with Gasteiger partial charge in [-0.25, -0.2) is 0 Å². The van der Waals surface area contributed by atoms with Crippen LogP contribution in [0.4, 0.5) is 0 Å². The second kappa shape index (κ2) is 8.74.